The van der Waals surface area contributed by atoms with Gasteiger partial charge in [-0.3, -0.25) is 4.79 Å². The molecule has 1 aliphatic heterocycles. The van der Waals surface area contributed by atoms with Crippen molar-refractivity contribution in [1.82, 2.24) is 4.90 Å². The van der Waals surface area contributed by atoms with Crippen LogP contribution in [0, 0.1) is 5.41 Å². The Bertz CT molecular complexity index is 253. The average Bonchev–Trinajstić information content (AvgIpc) is 2.23. The molecule has 94 valence electrons. The minimum absolute atomic E-state index is 0.245. The first-order valence-electron chi connectivity index (χ1n) is 6.20. The second-order valence-electron chi connectivity index (χ2n) is 6.36. The Labute approximate surface area is 98.8 Å². The summed E-state index contributed by atoms with van der Waals surface area (Å²) in [5, 5.41) is 9.67. The molecule has 1 saturated heterocycles. The molecular weight excluding hydrogens is 202 g/mol. The smallest absolute Gasteiger partial charge is 0.222 e. The number of carbonyl (C=O) groups excluding carboxylic acids is 1. The van der Waals surface area contributed by atoms with Gasteiger partial charge in [0.05, 0.1) is 5.60 Å². The number of likely N-dealkylation sites (tertiary alicyclic amines) is 1. The molecule has 0 bridgehead atoms. The van der Waals surface area contributed by atoms with Crippen molar-refractivity contribution in [3.63, 3.8) is 0 Å². The molecule has 1 heterocycles. The number of hydrogen-bond acceptors (Lipinski definition) is 2. The van der Waals surface area contributed by atoms with Crippen LogP contribution in [0.4, 0.5) is 0 Å². The normalized spacial score (nSPS) is 22.1. The van der Waals surface area contributed by atoms with E-state index in [1.54, 1.807) is 13.8 Å². The molecule has 0 aliphatic carbocycles. The maximum atomic E-state index is 11.9. The highest BCUT2D eigenvalue weighted by atomic mass is 16.3. The van der Waals surface area contributed by atoms with E-state index in [0.29, 0.717) is 19.4 Å². The van der Waals surface area contributed by atoms with Crippen LogP contribution in [0.2, 0.25) is 0 Å². The Kier molecular flexibility index (Phi) is 4.00. The first-order chi connectivity index (χ1) is 7.20. The molecule has 0 radical (unpaired) electrons. The van der Waals surface area contributed by atoms with E-state index in [1.807, 2.05) is 4.90 Å². The lowest BCUT2D eigenvalue weighted by atomic mass is 9.85. The highest BCUT2D eigenvalue weighted by Crippen LogP contribution is 2.30. The van der Waals surface area contributed by atoms with Crippen LogP contribution in [0.25, 0.3) is 0 Å². The molecule has 1 aliphatic rings. The number of carbonyl (C=O) groups is 1. The monoisotopic (exact) mass is 227 g/mol. The van der Waals surface area contributed by atoms with Gasteiger partial charge in [0.15, 0.2) is 0 Å². The molecular formula is C13H25NO2. The Morgan fingerprint density at radius 3 is 2.56 bits per heavy atom. The van der Waals surface area contributed by atoms with Crippen molar-refractivity contribution in [3.8, 4) is 0 Å². The molecule has 1 rings (SSSR count). The molecule has 3 heteroatoms. The van der Waals surface area contributed by atoms with E-state index >= 15 is 0 Å². The lowest BCUT2D eigenvalue weighted by Crippen LogP contribution is -2.35. The molecule has 0 aromatic carbocycles. The standard InChI is InChI=1S/C13H25NO2/c1-12(2)6-5-11(15)14(9-7-12)10-8-13(3,4)16/h16H,5-10H2,1-4H3. The molecule has 1 N–H and O–H groups in total. The van der Waals surface area contributed by atoms with Gasteiger partial charge in [-0.25, -0.2) is 0 Å². The quantitative estimate of drug-likeness (QED) is 0.803. The summed E-state index contributed by atoms with van der Waals surface area (Å²) >= 11 is 0. The maximum absolute atomic E-state index is 11.9. The van der Waals surface area contributed by atoms with Crippen molar-refractivity contribution < 1.29 is 9.90 Å². The first kappa shape index (κ1) is 13.5. The fourth-order valence-corrected chi connectivity index (χ4v) is 1.94. The summed E-state index contributed by atoms with van der Waals surface area (Å²) in [7, 11) is 0. The predicted molar refractivity (Wildman–Crippen MR) is 65.1 cm³/mol. The molecule has 0 aromatic rings. The van der Waals surface area contributed by atoms with Crippen LogP contribution >= 0.6 is 0 Å². The lowest BCUT2D eigenvalue weighted by molar-refractivity contribution is -0.131. The van der Waals surface area contributed by atoms with E-state index in [2.05, 4.69) is 13.8 Å². The number of amides is 1. The second-order valence-corrected chi connectivity index (χ2v) is 6.36. The Hall–Kier alpha value is -0.570. The van der Waals surface area contributed by atoms with Crippen molar-refractivity contribution in [1.29, 1.82) is 0 Å². The van der Waals surface area contributed by atoms with Gasteiger partial charge in [-0.1, -0.05) is 13.8 Å². The largest absolute Gasteiger partial charge is 0.390 e. The molecule has 0 spiro atoms. The first-order valence-corrected chi connectivity index (χ1v) is 6.20. The fourth-order valence-electron chi connectivity index (χ4n) is 1.94. The van der Waals surface area contributed by atoms with Gasteiger partial charge in [-0.05, 0) is 38.5 Å². The van der Waals surface area contributed by atoms with Gasteiger partial charge in [0.2, 0.25) is 5.91 Å². The topological polar surface area (TPSA) is 40.5 Å². The third-order valence-electron chi connectivity index (χ3n) is 3.42. The third-order valence-corrected chi connectivity index (χ3v) is 3.42. The Morgan fingerprint density at radius 2 is 2.00 bits per heavy atom. The van der Waals surface area contributed by atoms with Crippen molar-refractivity contribution in [2.75, 3.05) is 13.1 Å². The van der Waals surface area contributed by atoms with Crippen LogP contribution < -0.4 is 0 Å². The molecule has 3 nitrogen and oxygen atoms in total. The fraction of sp³-hybridized carbons (Fsp3) is 0.923. The molecule has 0 aromatic heterocycles. The molecule has 0 saturated carbocycles. The highest BCUT2D eigenvalue weighted by molar-refractivity contribution is 5.76. The van der Waals surface area contributed by atoms with Gasteiger partial charge >= 0.3 is 0 Å². The lowest BCUT2D eigenvalue weighted by Gasteiger charge is -2.26. The van der Waals surface area contributed by atoms with Gasteiger partial charge in [0.1, 0.15) is 0 Å². The van der Waals surface area contributed by atoms with Crippen LogP contribution in [0.1, 0.15) is 53.4 Å². The van der Waals surface area contributed by atoms with Crippen LogP contribution in [0.15, 0.2) is 0 Å². The second kappa shape index (κ2) is 4.74. The highest BCUT2D eigenvalue weighted by Gasteiger charge is 2.28. The van der Waals surface area contributed by atoms with Crippen LogP contribution in [-0.2, 0) is 4.79 Å². The third kappa shape index (κ3) is 4.52. The van der Waals surface area contributed by atoms with E-state index in [0.717, 1.165) is 19.4 Å². The zero-order valence-corrected chi connectivity index (χ0v) is 11.0. The Morgan fingerprint density at radius 1 is 1.38 bits per heavy atom. The van der Waals surface area contributed by atoms with Crippen molar-refractivity contribution in [3.05, 3.63) is 0 Å². The minimum Gasteiger partial charge on any atom is -0.390 e. The van der Waals surface area contributed by atoms with Crippen molar-refractivity contribution >= 4 is 5.91 Å². The zero-order chi connectivity index (χ0) is 12.4. The molecule has 0 atom stereocenters. The summed E-state index contributed by atoms with van der Waals surface area (Å²) in [4.78, 5) is 13.8. The number of nitrogens with zero attached hydrogens (tertiary/aromatic N) is 1. The average molecular weight is 227 g/mol. The van der Waals surface area contributed by atoms with Gasteiger partial charge in [0.25, 0.3) is 0 Å². The summed E-state index contributed by atoms with van der Waals surface area (Å²) in [6.07, 6.45) is 3.34. The van der Waals surface area contributed by atoms with Crippen LogP contribution in [-0.4, -0.2) is 34.6 Å². The van der Waals surface area contributed by atoms with E-state index in [-0.39, 0.29) is 11.3 Å². The van der Waals surface area contributed by atoms with Gasteiger partial charge in [0, 0.05) is 19.5 Å². The maximum Gasteiger partial charge on any atom is 0.222 e. The molecule has 0 unspecified atom stereocenters. The summed E-state index contributed by atoms with van der Waals surface area (Å²) in [6.45, 7) is 9.54. The predicted octanol–water partition coefficient (Wildman–Crippen LogP) is 2.19. The summed E-state index contributed by atoms with van der Waals surface area (Å²) in [5.41, 5.74) is -0.402. The molecule has 16 heavy (non-hydrogen) atoms. The zero-order valence-electron chi connectivity index (χ0n) is 11.0. The number of hydrogen-bond donors (Lipinski definition) is 1. The Balaban J connectivity index is 2.50. The van der Waals surface area contributed by atoms with E-state index in [9.17, 15) is 9.90 Å². The van der Waals surface area contributed by atoms with Crippen molar-refractivity contribution in [2.45, 2.75) is 59.0 Å². The van der Waals surface area contributed by atoms with E-state index < -0.39 is 5.60 Å². The van der Waals surface area contributed by atoms with E-state index in [1.165, 1.54) is 0 Å². The van der Waals surface area contributed by atoms with Gasteiger partial charge in [-0.2, -0.15) is 0 Å². The minimum atomic E-state index is -0.678. The molecule has 1 fully saturated rings. The molecule has 1 amide bonds. The van der Waals surface area contributed by atoms with Gasteiger partial charge < -0.3 is 10.0 Å². The number of aliphatic hydroxyl groups is 1. The van der Waals surface area contributed by atoms with Crippen LogP contribution in [0.3, 0.4) is 0 Å². The SMILES string of the molecule is CC(C)(O)CCN1CCC(C)(C)CCC1=O. The number of rotatable bonds is 3. The van der Waals surface area contributed by atoms with Crippen LogP contribution in [0.5, 0.6) is 0 Å². The summed E-state index contributed by atoms with van der Waals surface area (Å²) < 4.78 is 0. The summed E-state index contributed by atoms with van der Waals surface area (Å²) in [5.74, 6) is 0.245. The van der Waals surface area contributed by atoms with Crippen molar-refractivity contribution in [2.24, 2.45) is 5.41 Å². The van der Waals surface area contributed by atoms with E-state index in [4.69, 9.17) is 0 Å². The van der Waals surface area contributed by atoms with Gasteiger partial charge in [-0.15, -0.1) is 0 Å². The summed E-state index contributed by atoms with van der Waals surface area (Å²) in [6, 6.07) is 0.